The molecule has 0 saturated heterocycles. The predicted octanol–water partition coefficient (Wildman–Crippen LogP) is 2.50. The molecular weight excluding hydrogens is 246 g/mol. The molecule has 100 valence electrons. The highest BCUT2D eigenvalue weighted by molar-refractivity contribution is 7.98. The summed E-state index contributed by atoms with van der Waals surface area (Å²) in [6.45, 7) is 2.93. The molecule has 1 aromatic carbocycles. The van der Waals surface area contributed by atoms with Gasteiger partial charge in [-0.1, -0.05) is 25.5 Å². The minimum absolute atomic E-state index is 0.0679. The van der Waals surface area contributed by atoms with Crippen molar-refractivity contribution >= 4 is 17.7 Å². The van der Waals surface area contributed by atoms with Crippen LogP contribution in [0.1, 0.15) is 18.9 Å². The Kier molecular flexibility index (Phi) is 7.34. The standard InChI is InChI=1S/C14H21NO2S/c1-3-4-12-5-7-13(8-6-12)17-11-14(16)15-9-10-18-2/h5-8H,3-4,9-11H2,1-2H3,(H,15,16). The Morgan fingerprint density at radius 2 is 2.06 bits per heavy atom. The molecule has 0 heterocycles. The Hall–Kier alpha value is -1.16. The van der Waals surface area contributed by atoms with Crippen LogP contribution in [0.5, 0.6) is 5.75 Å². The van der Waals surface area contributed by atoms with Crippen molar-refractivity contribution in [3.63, 3.8) is 0 Å². The number of hydrogen-bond acceptors (Lipinski definition) is 3. The van der Waals surface area contributed by atoms with Gasteiger partial charge in [0.05, 0.1) is 0 Å². The van der Waals surface area contributed by atoms with E-state index in [4.69, 9.17) is 4.74 Å². The second kappa shape index (κ2) is 8.86. The quantitative estimate of drug-likeness (QED) is 0.735. The van der Waals surface area contributed by atoms with E-state index in [9.17, 15) is 4.79 Å². The smallest absolute Gasteiger partial charge is 0.257 e. The fourth-order valence-corrected chi connectivity index (χ4v) is 1.84. The molecule has 0 fully saturated rings. The lowest BCUT2D eigenvalue weighted by molar-refractivity contribution is -0.122. The largest absolute Gasteiger partial charge is 0.484 e. The molecule has 4 heteroatoms. The van der Waals surface area contributed by atoms with Gasteiger partial charge in [0.1, 0.15) is 5.75 Å². The van der Waals surface area contributed by atoms with E-state index in [-0.39, 0.29) is 12.5 Å². The molecule has 1 rings (SSSR count). The highest BCUT2D eigenvalue weighted by atomic mass is 32.2. The predicted molar refractivity (Wildman–Crippen MR) is 77.3 cm³/mol. The van der Waals surface area contributed by atoms with Gasteiger partial charge in [0, 0.05) is 12.3 Å². The van der Waals surface area contributed by atoms with Gasteiger partial charge in [-0.25, -0.2) is 0 Å². The van der Waals surface area contributed by atoms with E-state index in [1.54, 1.807) is 11.8 Å². The Morgan fingerprint density at radius 3 is 2.67 bits per heavy atom. The van der Waals surface area contributed by atoms with Crippen molar-refractivity contribution in [3.8, 4) is 5.75 Å². The minimum Gasteiger partial charge on any atom is -0.484 e. The summed E-state index contributed by atoms with van der Waals surface area (Å²) in [6.07, 6.45) is 4.23. The lowest BCUT2D eigenvalue weighted by Crippen LogP contribution is -2.30. The summed E-state index contributed by atoms with van der Waals surface area (Å²) in [7, 11) is 0. The van der Waals surface area contributed by atoms with E-state index in [2.05, 4.69) is 12.2 Å². The monoisotopic (exact) mass is 267 g/mol. The second-order valence-corrected chi connectivity index (χ2v) is 5.01. The average Bonchev–Trinajstić information content (AvgIpc) is 2.39. The molecule has 1 N–H and O–H groups in total. The molecule has 0 aliphatic heterocycles. The van der Waals surface area contributed by atoms with Gasteiger partial charge in [0.15, 0.2) is 6.61 Å². The second-order valence-electron chi connectivity index (χ2n) is 4.03. The zero-order valence-corrected chi connectivity index (χ0v) is 11.9. The number of nitrogens with one attached hydrogen (secondary N) is 1. The lowest BCUT2D eigenvalue weighted by Gasteiger charge is -2.07. The van der Waals surface area contributed by atoms with Gasteiger partial charge in [-0.3, -0.25) is 4.79 Å². The zero-order chi connectivity index (χ0) is 13.2. The van der Waals surface area contributed by atoms with Gasteiger partial charge < -0.3 is 10.1 Å². The molecule has 0 saturated carbocycles. The molecular formula is C14H21NO2S. The molecule has 0 bridgehead atoms. The number of benzene rings is 1. The molecule has 1 amide bonds. The first kappa shape index (κ1) is 14.9. The molecule has 0 aromatic heterocycles. The summed E-state index contributed by atoms with van der Waals surface area (Å²) in [4.78, 5) is 11.4. The number of rotatable bonds is 8. The van der Waals surface area contributed by atoms with Crippen LogP contribution in [0.2, 0.25) is 0 Å². The molecule has 18 heavy (non-hydrogen) atoms. The normalized spacial score (nSPS) is 10.1. The van der Waals surface area contributed by atoms with E-state index < -0.39 is 0 Å². The number of hydrogen-bond donors (Lipinski definition) is 1. The number of thioether (sulfide) groups is 1. The number of ether oxygens (including phenoxy) is 1. The van der Waals surface area contributed by atoms with Crippen LogP contribution in [0.25, 0.3) is 0 Å². The van der Waals surface area contributed by atoms with Crippen LogP contribution in [-0.2, 0) is 11.2 Å². The van der Waals surface area contributed by atoms with Crippen molar-refractivity contribution in [1.29, 1.82) is 0 Å². The first-order chi connectivity index (χ1) is 8.76. The van der Waals surface area contributed by atoms with Crippen LogP contribution in [0.3, 0.4) is 0 Å². The average molecular weight is 267 g/mol. The summed E-state index contributed by atoms with van der Waals surface area (Å²) in [5.41, 5.74) is 1.30. The maximum Gasteiger partial charge on any atom is 0.257 e. The van der Waals surface area contributed by atoms with Crippen molar-refractivity contribution in [2.24, 2.45) is 0 Å². The van der Waals surface area contributed by atoms with Crippen molar-refractivity contribution in [3.05, 3.63) is 29.8 Å². The number of carbonyl (C=O) groups is 1. The van der Waals surface area contributed by atoms with Crippen LogP contribution in [0.15, 0.2) is 24.3 Å². The van der Waals surface area contributed by atoms with Gasteiger partial charge in [0.25, 0.3) is 5.91 Å². The van der Waals surface area contributed by atoms with Crippen molar-refractivity contribution in [2.75, 3.05) is 25.2 Å². The third-order valence-corrected chi connectivity index (χ3v) is 3.07. The van der Waals surface area contributed by atoms with E-state index in [1.165, 1.54) is 5.56 Å². The summed E-state index contributed by atoms with van der Waals surface area (Å²) in [6, 6.07) is 7.93. The summed E-state index contributed by atoms with van der Waals surface area (Å²) >= 11 is 1.71. The third kappa shape index (κ3) is 5.96. The van der Waals surface area contributed by atoms with E-state index in [0.717, 1.165) is 24.3 Å². The molecule has 0 unspecified atom stereocenters. The van der Waals surface area contributed by atoms with Crippen LogP contribution in [0.4, 0.5) is 0 Å². The topological polar surface area (TPSA) is 38.3 Å². The van der Waals surface area contributed by atoms with Crippen LogP contribution in [0, 0.1) is 0 Å². The Labute approximate surface area is 113 Å². The number of amides is 1. The summed E-state index contributed by atoms with van der Waals surface area (Å²) < 4.78 is 5.41. The van der Waals surface area contributed by atoms with Crippen molar-refractivity contribution < 1.29 is 9.53 Å². The van der Waals surface area contributed by atoms with Gasteiger partial charge >= 0.3 is 0 Å². The molecule has 0 aliphatic rings. The zero-order valence-electron chi connectivity index (χ0n) is 11.1. The molecule has 0 radical (unpaired) electrons. The number of aryl methyl sites for hydroxylation is 1. The van der Waals surface area contributed by atoms with Crippen molar-refractivity contribution in [1.82, 2.24) is 5.32 Å². The van der Waals surface area contributed by atoms with Crippen LogP contribution >= 0.6 is 11.8 Å². The molecule has 1 aromatic rings. The SMILES string of the molecule is CCCc1ccc(OCC(=O)NCCSC)cc1. The van der Waals surface area contributed by atoms with E-state index >= 15 is 0 Å². The maximum absolute atomic E-state index is 11.4. The molecule has 0 spiro atoms. The summed E-state index contributed by atoms with van der Waals surface area (Å²) in [5, 5.41) is 2.80. The van der Waals surface area contributed by atoms with Gasteiger partial charge in [-0.15, -0.1) is 0 Å². The fraction of sp³-hybridized carbons (Fsp3) is 0.500. The first-order valence-electron chi connectivity index (χ1n) is 6.23. The van der Waals surface area contributed by atoms with Crippen LogP contribution in [-0.4, -0.2) is 31.1 Å². The Bertz CT molecular complexity index is 351. The van der Waals surface area contributed by atoms with Gasteiger partial charge in [0.2, 0.25) is 0 Å². The molecule has 0 atom stereocenters. The van der Waals surface area contributed by atoms with E-state index in [0.29, 0.717) is 6.54 Å². The lowest BCUT2D eigenvalue weighted by atomic mass is 10.1. The van der Waals surface area contributed by atoms with Crippen LogP contribution < -0.4 is 10.1 Å². The summed E-state index contributed by atoms with van der Waals surface area (Å²) in [5.74, 6) is 1.61. The van der Waals surface area contributed by atoms with E-state index in [1.807, 2.05) is 30.5 Å². The molecule has 0 aliphatic carbocycles. The highest BCUT2D eigenvalue weighted by Crippen LogP contribution is 2.13. The Morgan fingerprint density at radius 1 is 1.33 bits per heavy atom. The highest BCUT2D eigenvalue weighted by Gasteiger charge is 2.01. The number of carbonyl (C=O) groups excluding carboxylic acids is 1. The van der Waals surface area contributed by atoms with Gasteiger partial charge in [-0.2, -0.15) is 11.8 Å². The molecule has 3 nitrogen and oxygen atoms in total. The third-order valence-electron chi connectivity index (χ3n) is 2.46. The van der Waals surface area contributed by atoms with Crippen molar-refractivity contribution in [2.45, 2.75) is 19.8 Å². The van der Waals surface area contributed by atoms with Gasteiger partial charge in [-0.05, 0) is 30.4 Å². The fourth-order valence-electron chi connectivity index (χ4n) is 1.53. The minimum atomic E-state index is -0.0679. The first-order valence-corrected chi connectivity index (χ1v) is 7.63. The maximum atomic E-state index is 11.4. The Balaban J connectivity index is 2.27.